The van der Waals surface area contributed by atoms with Crippen LogP contribution in [0.25, 0.3) is 0 Å². The van der Waals surface area contributed by atoms with Gasteiger partial charge in [-0.1, -0.05) is 0 Å². The SMILES string of the molecule is O=C1C=CC2=C1OCO2. The molecule has 3 nitrogen and oxygen atoms in total. The lowest BCUT2D eigenvalue weighted by Crippen LogP contribution is -1.95. The van der Waals surface area contributed by atoms with Crippen LogP contribution in [0, 0.1) is 0 Å². The molecule has 0 atom stereocenters. The lowest BCUT2D eigenvalue weighted by atomic mass is 10.4. The van der Waals surface area contributed by atoms with Gasteiger partial charge in [0.2, 0.25) is 18.3 Å². The minimum atomic E-state index is -0.0949. The van der Waals surface area contributed by atoms with E-state index in [0.29, 0.717) is 11.5 Å². The maximum atomic E-state index is 10.7. The van der Waals surface area contributed by atoms with E-state index in [2.05, 4.69) is 0 Å². The van der Waals surface area contributed by atoms with Gasteiger partial charge in [-0.05, 0) is 12.2 Å². The topological polar surface area (TPSA) is 35.5 Å². The summed E-state index contributed by atoms with van der Waals surface area (Å²) in [7, 11) is 0. The van der Waals surface area contributed by atoms with E-state index in [1.54, 1.807) is 6.08 Å². The zero-order valence-corrected chi connectivity index (χ0v) is 4.59. The second kappa shape index (κ2) is 1.37. The minimum absolute atomic E-state index is 0.0949. The van der Waals surface area contributed by atoms with Crippen LogP contribution in [0.2, 0.25) is 0 Å². The van der Waals surface area contributed by atoms with Crippen molar-refractivity contribution in [2.45, 2.75) is 0 Å². The Hall–Kier alpha value is -1.25. The number of hydrogen-bond acceptors (Lipinski definition) is 3. The number of allylic oxidation sites excluding steroid dienone is 2. The van der Waals surface area contributed by atoms with Crippen molar-refractivity contribution in [2.75, 3.05) is 6.79 Å². The van der Waals surface area contributed by atoms with Crippen LogP contribution in [0.5, 0.6) is 0 Å². The van der Waals surface area contributed by atoms with E-state index in [1.807, 2.05) is 0 Å². The summed E-state index contributed by atoms with van der Waals surface area (Å²) in [6.07, 6.45) is 3.05. The number of carbonyl (C=O) groups excluding carboxylic acids is 1. The Kier molecular flexibility index (Phi) is 0.704. The first-order valence-corrected chi connectivity index (χ1v) is 2.60. The van der Waals surface area contributed by atoms with Crippen LogP contribution in [0.1, 0.15) is 0 Å². The molecule has 1 aliphatic heterocycles. The first kappa shape index (κ1) is 4.61. The molecule has 0 aromatic carbocycles. The van der Waals surface area contributed by atoms with Crippen molar-refractivity contribution in [2.24, 2.45) is 0 Å². The number of carbonyl (C=O) groups is 1. The van der Waals surface area contributed by atoms with Crippen molar-refractivity contribution in [3.63, 3.8) is 0 Å². The van der Waals surface area contributed by atoms with Crippen LogP contribution in [0.3, 0.4) is 0 Å². The van der Waals surface area contributed by atoms with Gasteiger partial charge in [0.15, 0.2) is 5.76 Å². The predicted molar refractivity (Wildman–Crippen MR) is 28.2 cm³/mol. The second-order valence-corrected chi connectivity index (χ2v) is 1.80. The molecule has 0 spiro atoms. The third kappa shape index (κ3) is 0.483. The van der Waals surface area contributed by atoms with Gasteiger partial charge in [0.05, 0.1) is 0 Å². The lowest BCUT2D eigenvalue weighted by Gasteiger charge is -1.92. The van der Waals surface area contributed by atoms with Gasteiger partial charge in [-0.25, -0.2) is 0 Å². The van der Waals surface area contributed by atoms with Gasteiger partial charge < -0.3 is 9.47 Å². The van der Waals surface area contributed by atoms with Crippen molar-refractivity contribution in [1.82, 2.24) is 0 Å². The second-order valence-electron chi connectivity index (χ2n) is 1.80. The molecule has 0 amide bonds. The predicted octanol–water partition coefficient (Wildman–Crippen LogP) is 0.341. The van der Waals surface area contributed by atoms with E-state index in [9.17, 15) is 4.79 Å². The highest BCUT2D eigenvalue weighted by Gasteiger charge is 2.25. The van der Waals surface area contributed by atoms with E-state index in [1.165, 1.54) is 6.08 Å². The van der Waals surface area contributed by atoms with Crippen LogP contribution in [0.15, 0.2) is 23.7 Å². The summed E-state index contributed by atoms with van der Waals surface area (Å²) in [5.41, 5.74) is 0. The average Bonchev–Trinajstić information content (AvgIpc) is 2.35. The smallest absolute Gasteiger partial charge is 0.231 e. The summed E-state index contributed by atoms with van der Waals surface area (Å²) >= 11 is 0. The molecule has 0 fully saturated rings. The molecule has 0 radical (unpaired) electrons. The summed E-state index contributed by atoms with van der Waals surface area (Å²) in [5, 5.41) is 0. The maximum absolute atomic E-state index is 10.7. The lowest BCUT2D eigenvalue weighted by molar-refractivity contribution is -0.114. The number of hydrogen-bond donors (Lipinski definition) is 0. The standard InChI is InChI=1S/C6H4O3/c7-4-1-2-5-6(4)9-3-8-5/h1-2H,3H2. The average molecular weight is 124 g/mol. The van der Waals surface area contributed by atoms with Gasteiger partial charge in [0.25, 0.3) is 0 Å². The number of rotatable bonds is 0. The van der Waals surface area contributed by atoms with E-state index >= 15 is 0 Å². The first-order chi connectivity index (χ1) is 4.38. The van der Waals surface area contributed by atoms with E-state index < -0.39 is 0 Å². The van der Waals surface area contributed by atoms with Gasteiger partial charge in [0.1, 0.15) is 0 Å². The molecule has 46 valence electrons. The van der Waals surface area contributed by atoms with Gasteiger partial charge in [0, 0.05) is 0 Å². The highest BCUT2D eigenvalue weighted by molar-refractivity contribution is 6.06. The quantitative estimate of drug-likeness (QED) is 0.467. The van der Waals surface area contributed by atoms with Gasteiger partial charge in [-0.2, -0.15) is 0 Å². The third-order valence-electron chi connectivity index (χ3n) is 1.25. The number of ketones is 1. The Morgan fingerprint density at radius 1 is 1.33 bits per heavy atom. The molecule has 3 heteroatoms. The van der Waals surface area contributed by atoms with Crippen molar-refractivity contribution in [3.05, 3.63) is 23.7 Å². The largest absolute Gasteiger partial charge is 0.453 e. The van der Waals surface area contributed by atoms with Crippen molar-refractivity contribution < 1.29 is 14.3 Å². The van der Waals surface area contributed by atoms with Crippen LogP contribution >= 0.6 is 0 Å². The fourth-order valence-electron chi connectivity index (χ4n) is 0.832. The molecule has 0 unspecified atom stereocenters. The Morgan fingerprint density at radius 2 is 2.22 bits per heavy atom. The summed E-state index contributed by atoms with van der Waals surface area (Å²) in [6, 6.07) is 0. The van der Waals surface area contributed by atoms with Crippen LogP contribution in [-0.4, -0.2) is 12.6 Å². The first-order valence-electron chi connectivity index (χ1n) is 2.60. The molecule has 2 aliphatic rings. The Labute approximate surface area is 51.6 Å². The van der Waals surface area contributed by atoms with Crippen molar-refractivity contribution in [3.8, 4) is 0 Å². The van der Waals surface area contributed by atoms with Crippen LogP contribution < -0.4 is 0 Å². The Morgan fingerprint density at radius 3 is 3.00 bits per heavy atom. The zero-order valence-electron chi connectivity index (χ0n) is 4.59. The molecule has 0 saturated heterocycles. The third-order valence-corrected chi connectivity index (χ3v) is 1.25. The fourth-order valence-corrected chi connectivity index (χ4v) is 0.832. The van der Waals surface area contributed by atoms with Crippen LogP contribution in [0.4, 0.5) is 0 Å². The van der Waals surface area contributed by atoms with E-state index in [0.717, 1.165) is 0 Å². The van der Waals surface area contributed by atoms with Gasteiger partial charge in [-0.3, -0.25) is 4.79 Å². The summed E-state index contributed by atoms with van der Waals surface area (Å²) in [5.74, 6) is 0.831. The molecule has 2 rings (SSSR count). The summed E-state index contributed by atoms with van der Waals surface area (Å²) in [6.45, 7) is 0.181. The highest BCUT2D eigenvalue weighted by atomic mass is 16.7. The fraction of sp³-hybridized carbons (Fsp3) is 0.167. The molecule has 1 aliphatic carbocycles. The Balaban J connectivity index is 2.44. The molecule has 0 aromatic rings. The molecular formula is C6H4O3. The number of ether oxygens (including phenoxy) is 2. The molecular weight excluding hydrogens is 120 g/mol. The normalized spacial score (nSPS) is 22.0. The van der Waals surface area contributed by atoms with Crippen LogP contribution in [-0.2, 0) is 14.3 Å². The van der Waals surface area contributed by atoms with Gasteiger partial charge in [-0.15, -0.1) is 0 Å². The Bertz CT molecular complexity index is 218. The molecule has 1 heterocycles. The maximum Gasteiger partial charge on any atom is 0.231 e. The van der Waals surface area contributed by atoms with Crippen molar-refractivity contribution >= 4 is 5.78 Å². The molecule has 0 saturated carbocycles. The summed E-state index contributed by atoms with van der Waals surface area (Å²) < 4.78 is 9.73. The minimum Gasteiger partial charge on any atom is -0.453 e. The highest BCUT2D eigenvalue weighted by Crippen LogP contribution is 2.23. The summed E-state index contributed by atoms with van der Waals surface area (Å²) in [4.78, 5) is 10.7. The zero-order chi connectivity index (χ0) is 6.27. The van der Waals surface area contributed by atoms with E-state index in [-0.39, 0.29) is 12.6 Å². The monoisotopic (exact) mass is 124 g/mol. The molecule has 9 heavy (non-hydrogen) atoms. The van der Waals surface area contributed by atoms with Crippen molar-refractivity contribution in [1.29, 1.82) is 0 Å². The molecule has 0 N–H and O–H groups in total. The van der Waals surface area contributed by atoms with Gasteiger partial charge >= 0.3 is 0 Å². The molecule has 0 bridgehead atoms. The van der Waals surface area contributed by atoms with E-state index in [4.69, 9.17) is 9.47 Å². The molecule has 0 aromatic heterocycles.